The molecule has 2 heterocycles. The molecule has 0 saturated carbocycles. The maximum absolute atomic E-state index is 5.94. The van der Waals surface area contributed by atoms with E-state index in [4.69, 9.17) is 15.2 Å². The minimum absolute atomic E-state index is 0. The molecule has 3 rings (SSSR count). The van der Waals surface area contributed by atoms with Crippen LogP contribution in [0.3, 0.4) is 0 Å². The van der Waals surface area contributed by atoms with Gasteiger partial charge in [-0.2, -0.15) is 0 Å². The van der Waals surface area contributed by atoms with Crippen molar-refractivity contribution in [2.75, 3.05) is 19.8 Å². The van der Waals surface area contributed by atoms with Crippen LogP contribution in [0.5, 0.6) is 11.5 Å². The number of hydrogen-bond acceptors (Lipinski definition) is 4. The summed E-state index contributed by atoms with van der Waals surface area (Å²) in [4.78, 5) is 5.74. The molecule has 1 aliphatic rings. The molecule has 1 aromatic carbocycles. The van der Waals surface area contributed by atoms with Crippen molar-refractivity contribution < 1.29 is 9.47 Å². The first-order chi connectivity index (χ1) is 11.3. The van der Waals surface area contributed by atoms with E-state index < -0.39 is 0 Å². The standard InChI is InChI=1S/C17H21N3O2S.HI/c18-17(19-8-7-14-5-2-11-23-14)20-12-13-4-1-6-15-16(13)22-10-3-9-21-15;/h1-2,4-6,11H,3,7-10,12H2,(H3,18,19,20);1H. The number of fused-ring (bicyclic) bond motifs is 1. The number of nitrogens with one attached hydrogen (secondary N) is 1. The van der Waals surface area contributed by atoms with E-state index in [2.05, 4.69) is 27.8 Å². The molecule has 3 N–H and O–H groups in total. The summed E-state index contributed by atoms with van der Waals surface area (Å²) in [7, 11) is 0. The fourth-order valence-electron chi connectivity index (χ4n) is 2.37. The molecule has 24 heavy (non-hydrogen) atoms. The Morgan fingerprint density at radius 3 is 2.92 bits per heavy atom. The smallest absolute Gasteiger partial charge is 0.188 e. The summed E-state index contributed by atoms with van der Waals surface area (Å²) in [6, 6.07) is 10.1. The fraction of sp³-hybridized carbons (Fsp3) is 0.353. The molecular formula is C17H22IN3O2S. The molecule has 7 heteroatoms. The normalized spacial score (nSPS) is 13.8. The fourth-order valence-corrected chi connectivity index (χ4v) is 3.08. The predicted octanol–water partition coefficient (Wildman–Crippen LogP) is 3.17. The second-order valence-corrected chi connectivity index (χ2v) is 6.28. The molecule has 130 valence electrons. The summed E-state index contributed by atoms with van der Waals surface area (Å²) in [5.74, 6) is 2.04. The Morgan fingerprint density at radius 2 is 2.08 bits per heavy atom. The van der Waals surface area contributed by atoms with Crippen molar-refractivity contribution in [3.63, 3.8) is 0 Å². The molecular weight excluding hydrogens is 437 g/mol. The lowest BCUT2D eigenvalue weighted by Gasteiger charge is -2.11. The topological polar surface area (TPSA) is 68.9 Å². The van der Waals surface area contributed by atoms with Crippen molar-refractivity contribution >= 4 is 41.3 Å². The van der Waals surface area contributed by atoms with Gasteiger partial charge in [0.25, 0.3) is 0 Å². The van der Waals surface area contributed by atoms with Crippen molar-refractivity contribution in [2.45, 2.75) is 19.4 Å². The van der Waals surface area contributed by atoms with Gasteiger partial charge in [0.2, 0.25) is 0 Å². The van der Waals surface area contributed by atoms with Crippen molar-refractivity contribution in [2.24, 2.45) is 10.7 Å². The number of thiophene rings is 1. The van der Waals surface area contributed by atoms with Crippen LogP contribution >= 0.6 is 35.3 Å². The molecule has 0 radical (unpaired) electrons. The maximum atomic E-state index is 5.94. The third-order valence-electron chi connectivity index (χ3n) is 3.53. The van der Waals surface area contributed by atoms with E-state index >= 15 is 0 Å². The Labute approximate surface area is 163 Å². The summed E-state index contributed by atoms with van der Waals surface area (Å²) in [6.07, 6.45) is 1.84. The number of nitrogens with two attached hydrogens (primary N) is 1. The molecule has 0 amide bonds. The van der Waals surface area contributed by atoms with E-state index in [0.29, 0.717) is 25.7 Å². The van der Waals surface area contributed by atoms with Gasteiger partial charge < -0.3 is 20.5 Å². The van der Waals surface area contributed by atoms with Gasteiger partial charge in [0.15, 0.2) is 17.5 Å². The number of guanidine groups is 1. The lowest BCUT2D eigenvalue weighted by molar-refractivity contribution is 0.296. The third kappa shape index (κ3) is 5.27. The highest BCUT2D eigenvalue weighted by molar-refractivity contribution is 14.0. The molecule has 0 unspecified atom stereocenters. The monoisotopic (exact) mass is 459 g/mol. The van der Waals surface area contributed by atoms with Gasteiger partial charge in [0.05, 0.1) is 19.8 Å². The number of para-hydroxylation sites is 1. The molecule has 0 atom stereocenters. The van der Waals surface area contributed by atoms with Crippen LogP contribution in [0.4, 0.5) is 0 Å². The van der Waals surface area contributed by atoms with Gasteiger partial charge in [-0.05, 0) is 23.9 Å². The lowest BCUT2D eigenvalue weighted by atomic mass is 10.2. The molecule has 0 aliphatic carbocycles. The van der Waals surface area contributed by atoms with E-state index in [-0.39, 0.29) is 24.0 Å². The number of halogens is 1. The van der Waals surface area contributed by atoms with E-state index in [1.54, 1.807) is 11.3 Å². The minimum atomic E-state index is 0. The van der Waals surface area contributed by atoms with Gasteiger partial charge in [0.1, 0.15) is 0 Å². The SMILES string of the molecule is I.NC(=NCc1cccc2c1OCCCO2)NCCc1cccs1. The zero-order chi connectivity index (χ0) is 15.9. The number of ether oxygens (including phenoxy) is 2. The zero-order valence-electron chi connectivity index (χ0n) is 13.4. The average Bonchev–Trinajstić information content (AvgIpc) is 2.95. The van der Waals surface area contributed by atoms with Crippen molar-refractivity contribution in [1.82, 2.24) is 5.32 Å². The van der Waals surface area contributed by atoms with Crippen molar-refractivity contribution in [1.29, 1.82) is 0 Å². The number of nitrogens with zero attached hydrogens (tertiary/aromatic N) is 1. The summed E-state index contributed by atoms with van der Waals surface area (Å²) in [5.41, 5.74) is 6.93. The maximum Gasteiger partial charge on any atom is 0.188 e. The number of hydrogen-bond donors (Lipinski definition) is 2. The van der Waals surface area contributed by atoms with Crippen LogP contribution in [0.1, 0.15) is 16.9 Å². The number of rotatable bonds is 5. The molecule has 0 bridgehead atoms. The molecule has 1 aromatic heterocycles. The largest absolute Gasteiger partial charge is 0.490 e. The molecule has 1 aliphatic heterocycles. The Kier molecular flexibility index (Phi) is 7.64. The molecule has 2 aromatic rings. The molecule has 0 saturated heterocycles. The van der Waals surface area contributed by atoms with Crippen LogP contribution < -0.4 is 20.5 Å². The van der Waals surface area contributed by atoms with Gasteiger partial charge >= 0.3 is 0 Å². The van der Waals surface area contributed by atoms with Crippen LogP contribution in [0.25, 0.3) is 0 Å². The molecule has 0 fully saturated rings. The quantitative estimate of drug-likeness (QED) is 0.410. The second kappa shape index (κ2) is 9.73. The number of aliphatic imine (C=N–C) groups is 1. The summed E-state index contributed by atoms with van der Waals surface area (Å²) in [5, 5.41) is 5.23. The van der Waals surface area contributed by atoms with E-state index in [1.165, 1.54) is 4.88 Å². The van der Waals surface area contributed by atoms with Crippen LogP contribution in [-0.4, -0.2) is 25.7 Å². The minimum Gasteiger partial charge on any atom is -0.490 e. The first-order valence-corrected chi connectivity index (χ1v) is 8.64. The van der Waals surface area contributed by atoms with Gasteiger partial charge in [0, 0.05) is 23.4 Å². The Balaban J connectivity index is 0.00000208. The second-order valence-electron chi connectivity index (χ2n) is 5.25. The van der Waals surface area contributed by atoms with Crippen LogP contribution in [0.15, 0.2) is 40.7 Å². The highest BCUT2D eigenvalue weighted by Gasteiger charge is 2.13. The van der Waals surface area contributed by atoms with Crippen molar-refractivity contribution in [3.8, 4) is 11.5 Å². The summed E-state index contributed by atoms with van der Waals surface area (Å²) in [6.45, 7) is 2.61. The Bertz CT molecular complexity index is 662. The van der Waals surface area contributed by atoms with E-state index in [0.717, 1.165) is 36.4 Å². The van der Waals surface area contributed by atoms with Crippen LogP contribution in [0.2, 0.25) is 0 Å². The zero-order valence-corrected chi connectivity index (χ0v) is 16.5. The third-order valence-corrected chi connectivity index (χ3v) is 4.47. The first kappa shape index (κ1) is 18.9. The van der Waals surface area contributed by atoms with Crippen LogP contribution in [-0.2, 0) is 13.0 Å². The van der Waals surface area contributed by atoms with E-state index in [1.807, 2.05) is 18.2 Å². The van der Waals surface area contributed by atoms with E-state index in [9.17, 15) is 0 Å². The van der Waals surface area contributed by atoms with Gasteiger partial charge in [-0.1, -0.05) is 18.2 Å². The predicted molar refractivity (Wildman–Crippen MR) is 109 cm³/mol. The molecule has 0 spiro atoms. The van der Waals surface area contributed by atoms with Gasteiger partial charge in [-0.3, -0.25) is 0 Å². The highest BCUT2D eigenvalue weighted by atomic mass is 127. The van der Waals surface area contributed by atoms with Gasteiger partial charge in [-0.25, -0.2) is 4.99 Å². The Hall–Kier alpha value is -1.48. The first-order valence-electron chi connectivity index (χ1n) is 7.76. The summed E-state index contributed by atoms with van der Waals surface area (Å²) < 4.78 is 11.5. The average molecular weight is 459 g/mol. The van der Waals surface area contributed by atoms with Crippen LogP contribution in [0, 0.1) is 0 Å². The Morgan fingerprint density at radius 1 is 1.21 bits per heavy atom. The van der Waals surface area contributed by atoms with Crippen molar-refractivity contribution in [3.05, 3.63) is 46.2 Å². The lowest BCUT2D eigenvalue weighted by Crippen LogP contribution is -2.33. The number of benzene rings is 1. The highest BCUT2D eigenvalue weighted by Crippen LogP contribution is 2.33. The molecule has 5 nitrogen and oxygen atoms in total. The van der Waals surface area contributed by atoms with Gasteiger partial charge in [-0.15, -0.1) is 35.3 Å². The summed E-state index contributed by atoms with van der Waals surface area (Å²) >= 11 is 1.75.